The van der Waals surface area contributed by atoms with Crippen LogP contribution in [0.25, 0.3) is 0 Å². The smallest absolute Gasteiger partial charge is 0.350 e. The van der Waals surface area contributed by atoms with Crippen molar-refractivity contribution in [2.75, 3.05) is 6.66 Å². The van der Waals surface area contributed by atoms with E-state index >= 15 is 0 Å². The van der Waals surface area contributed by atoms with E-state index in [2.05, 4.69) is 9.05 Å². The van der Waals surface area contributed by atoms with E-state index in [9.17, 15) is 9.36 Å². The lowest BCUT2D eigenvalue weighted by atomic mass is 11.5. The van der Waals surface area contributed by atoms with Gasteiger partial charge in [0.1, 0.15) is 0 Å². The summed E-state index contributed by atoms with van der Waals surface area (Å²) in [6, 6.07) is 0. The molecule has 0 saturated carbocycles. The maximum atomic E-state index is 10.2. The van der Waals surface area contributed by atoms with Gasteiger partial charge in [0.25, 0.3) is 0 Å². The first-order chi connectivity index (χ1) is 3.10. The molecule has 0 N–H and O–H groups in total. The van der Waals surface area contributed by atoms with Crippen molar-refractivity contribution in [1.29, 1.82) is 0 Å². The second-order valence-corrected chi connectivity index (χ2v) is 3.11. The molecule has 1 rings (SSSR count). The molecule has 0 unspecified atom stereocenters. The molecule has 0 aliphatic carbocycles. The highest BCUT2D eigenvalue weighted by atomic mass is 31.2. The predicted octanol–water partition coefficient (Wildman–Crippen LogP) is 0.976. The average Bonchev–Trinajstić information content (AvgIpc) is 1.27. The molecule has 0 bridgehead atoms. The minimum atomic E-state index is -2.87. The molecule has 7 heavy (non-hydrogen) atoms. The standard InChI is InChI=1S/C2H3O4P/c1-7(4)5-2(3)6-7/h1H3. The van der Waals surface area contributed by atoms with Crippen LogP contribution in [0.5, 0.6) is 0 Å². The number of hydrogen-bond donors (Lipinski definition) is 0. The Morgan fingerprint density at radius 2 is 2.00 bits per heavy atom. The van der Waals surface area contributed by atoms with Crippen molar-refractivity contribution in [3.05, 3.63) is 0 Å². The van der Waals surface area contributed by atoms with Crippen LogP contribution in [-0.2, 0) is 13.6 Å². The van der Waals surface area contributed by atoms with Gasteiger partial charge in [-0.05, 0) is 0 Å². The first kappa shape index (κ1) is 4.65. The third-order valence-electron chi connectivity index (χ3n) is 0.481. The fourth-order valence-corrected chi connectivity index (χ4v) is 0.833. The van der Waals surface area contributed by atoms with Crippen molar-refractivity contribution in [3.63, 3.8) is 0 Å². The SMILES string of the molecule is CP1(=O)OC(=O)O1. The first-order valence-electron chi connectivity index (χ1n) is 1.61. The van der Waals surface area contributed by atoms with Crippen molar-refractivity contribution < 1.29 is 18.4 Å². The summed E-state index contributed by atoms with van der Waals surface area (Å²) in [7, 11) is -2.87. The maximum Gasteiger partial charge on any atom is 0.522 e. The van der Waals surface area contributed by atoms with Gasteiger partial charge in [0.2, 0.25) is 0 Å². The number of rotatable bonds is 0. The third-order valence-corrected chi connectivity index (χ3v) is 1.44. The molecule has 0 atom stereocenters. The quantitative estimate of drug-likeness (QED) is 0.449. The fourth-order valence-electron chi connectivity index (χ4n) is 0.278. The summed E-state index contributed by atoms with van der Waals surface area (Å²) >= 11 is 0. The Hall–Kier alpha value is -0.500. The van der Waals surface area contributed by atoms with Crippen LogP contribution < -0.4 is 0 Å². The summed E-state index contributed by atoms with van der Waals surface area (Å²) in [5.41, 5.74) is 0. The molecule has 0 spiro atoms. The molecule has 4 nitrogen and oxygen atoms in total. The zero-order valence-corrected chi connectivity index (χ0v) is 4.47. The highest BCUT2D eigenvalue weighted by molar-refractivity contribution is 7.55. The van der Waals surface area contributed by atoms with E-state index in [1.165, 1.54) is 6.66 Å². The molecule has 0 aromatic rings. The summed E-state index contributed by atoms with van der Waals surface area (Å²) in [5.74, 6) is 0. The minimum Gasteiger partial charge on any atom is -0.350 e. The van der Waals surface area contributed by atoms with Gasteiger partial charge in [0, 0.05) is 0 Å². The maximum absolute atomic E-state index is 10.2. The van der Waals surface area contributed by atoms with Crippen LogP contribution in [0.1, 0.15) is 0 Å². The van der Waals surface area contributed by atoms with E-state index in [1.807, 2.05) is 0 Å². The summed E-state index contributed by atoms with van der Waals surface area (Å²) < 4.78 is 18.3. The third kappa shape index (κ3) is 0.747. The van der Waals surface area contributed by atoms with Crippen LogP contribution in [0.4, 0.5) is 4.79 Å². The minimum absolute atomic E-state index is 0.842. The van der Waals surface area contributed by atoms with Crippen LogP contribution in [0.3, 0.4) is 0 Å². The highest BCUT2D eigenvalue weighted by Crippen LogP contribution is 2.53. The van der Waals surface area contributed by atoms with E-state index in [-0.39, 0.29) is 0 Å². The molecule has 1 fully saturated rings. The molecule has 0 aromatic carbocycles. The zero-order chi connectivity index (χ0) is 5.49. The normalized spacial score (nSPS) is 24.4. The summed E-state index contributed by atoms with van der Waals surface area (Å²) in [5, 5.41) is 0. The molecule has 40 valence electrons. The molecule has 1 aliphatic rings. The van der Waals surface area contributed by atoms with Crippen molar-refractivity contribution >= 4 is 13.8 Å². The van der Waals surface area contributed by atoms with E-state index in [0.29, 0.717) is 0 Å². The Balaban J connectivity index is 2.60. The van der Waals surface area contributed by atoms with E-state index in [1.54, 1.807) is 0 Å². The van der Waals surface area contributed by atoms with Gasteiger partial charge in [0.15, 0.2) is 0 Å². The molecule has 1 aliphatic heterocycles. The lowest BCUT2D eigenvalue weighted by molar-refractivity contribution is 0.101. The second-order valence-electron chi connectivity index (χ2n) is 1.20. The van der Waals surface area contributed by atoms with Crippen LogP contribution in [0.15, 0.2) is 0 Å². The van der Waals surface area contributed by atoms with Gasteiger partial charge < -0.3 is 9.05 Å². The Bertz CT molecular complexity index is 138. The van der Waals surface area contributed by atoms with Gasteiger partial charge in [-0.1, -0.05) is 0 Å². The van der Waals surface area contributed by atoms with Crippen molar-refractivity contribution in [2.45, 2.75) is 0 Å². The van der Waals surface area contributed by atoms with Crippen molar-refractivity contribution in [1.82, 2.24) is 0 Å². The number of carbonyl (C=O) groups excluding carboxylic acids is 1. The fraction of sp³-hybridized carbons (Fsp3) is 0.500. The topological polar surface area (TPSA) is 52.6 Å². The first-order valence-corrected chi connectivity index (χ1v) is 3.60. The Morgan fingerprint density at radius 1 is 1.57 bits per heavy atom. The van der Waals surface area contributed by atoms with Crippen molar-refractivity contribution in [2.24, 2.45) is 0 Å². The molecule has 5 heteroatoms. The lowest BCUT2D eigenvalue weighted by Gasteiger charge is -2.19. The highest BCUT2D eigenvalue weighted by Gasteiger charge is 2.38. The van der Waals surface area contributed by atoms with E-state index in [4.69, 9.17) is 0 Å². The Labute approximate surface area is 39.9 Å². The Kier molecular flexibility index (Phi) is 0.672. The van der Waals surface area contributed by atoms with Crippen LogP contribution in [0.2, 0.25) is 0 Å². The van der Waals surface area contributed by atoms with Gasteiger partial charge in [-0.3, -0.25) is 0 Å². The second kappa shape index (κ2) is 1.01. The van der Waals surface area contributed by atoms with Crippen LogP contribution in [-0.4, -0.2) is 12.8 Å². The van der Waals surface area contributed by atoms with Crippen LogP contribution in [0, 0.1) is 0 Å². The summed E-state index contributed by atoms with van der Waals surface area (Å²) in [4.78, 5) is 9.70. The van der Waals surface area contributed by atoms with Gasteiger partial charge in [-0.25, -0.2) is 9.36 Å². The average molecular weight is 122 g/mol. The molecular formula is C2H3O4P. The largest absolute Gasteiger partial charge is 0.522 e. The van der Waals surface area contributed by atoms with Gasteiger partial charge in [-0.2, -0.15) is 0 Å². The number of hydrogen-bond acceptors (Lipinski definition) is 4. The number of carbonyl (C=O) groups is 1. The van der Waals surface area contributed by atoms with E-state index in [0.717, 1.165) is 0 Å². The molecule has 0 aromatic heterocycles. The van der Waals surface area contributed by atoms with E-state index < -0.39 is 13.8 Å². The molecule has 0 amide bonds. The monoisotopic (exact) mass is 122 g/mol. The molecule has 1 heterocycles. The molecule has 1 saturated heterocycles. The van der Waals surface area contributed by atoms with Gasteiger partial charge >= 0.3 is 13.8 Å². The lowest BCUT2D eigenvalue weighted by Crippen LogP contribution is -2.15. The zero-order valence-electron chi connectivity index (χ0n) is 3.58. The summed E-state index contributed by atoms with van der Waals surface area (Å²) in [6.45, 7) is 1.23. The predicted molar refractivity (Wildman–Crippen MR) is 21.1 cm³/mol. The van der Waals surface area contributed by atoms with Crippen molar-refractivity contribution in [3.8, 4) is 0 Å². The molecular weight excluding hydrogens is 119 g/mol. The Morgan fingerprint density at radius 3 is 2.00 bits per heavy atom. The molecule has 0 radical (unpaired) electrons. The van der Waals surface area contributed by atoms with Gasteiger partial charge in [0.05, 0.1) is 6.66 Å². The summed E-state index contributed by atoms with van der Waals surface area (Å²) in [6.07, 6.45) is -0.842. The van der Waals surface area contributed by atoms with Gasteiger partial charge in [-0.15, -0.1) is 0 Å². The van der Waals surface area contributed by atoms with Crippen LogP contribution >= 0.6 is 7.60 Å².